The number of hydrogen-bond acceptors (Lipinski definition) is 5. The summed E-state index contributed by atoms with van der Waals surface area (Å²) in [6.45, 7) is 3.62. The molecule has 8 heteroatoms. The summed E-state index contributed by atoms with van der Waals surface area (Å²) in [5, 5.41) is 9.90. The van der Waals surface area contributed by atoms with Gasteiger partial charge >= 0.3 is 0 Å². The van der Waals surface area contributed by atoms with E-state index in [0.29, 0.717) is 26.1 Å². The second kappa shape index (κ2) is 7.18. The minimum absolute atomic E-state index is 0.00794. The van der Waals surface area contributed by atoms with Gasteiger partial charge in [0, 0.05) is 43.4 Å². The standard InChI is InChI=1S/C15H20FN5OS/c1-11-19-13(10-23-11)8-20-7-12(16)5-14(20)6-17-15(22)9-21-4-2-3-18-21/h2-4,10,12,14H,5-9H2,1H3,(H,17,22)/t12-,14-/m0/s1. The maximum atomic E-state index is 13.8. The Bertz CT molecular complexity index is 644. The Kier molecular flexibility index (Phi) is 5.02. The lowest BCUT2D eigenvalue weighted by atomic mass is 10.2. The highest BCUT2D eigenvalue weighted by Crippen LogP contribution is 2.22. The molecule has 1 N–H and O–H groups in total. The normalized spacial score (nSPS) is 21.7. The van der Waals surface area contributed by atoms with Crippen molar-refractivity contribution in [3.05, 3.63) is 34.5 Å². The minimum atomic E-state index is -0.845. The molecule has 124 valence electrons. The first kappa shape index (κ1) is 16.1. The predicted octanol–water partition coefficient (Wildman–Crippen LogP) is 1.38. The highest BCUT2D eigenvalue weighted by molar-refractivity contribution is 7.09. The molecular weight excluding hydrogens is 317 g/mol. The summed E-state index contributed by atoms with van der Waals surface area (Å²) in [6.07, 6.45) is 2.98. The number of carbonyl (C=O) groups is 1. The van der Waals surface area contributed by atoms with Gasteiger partial charge in [-0.1, -0.05) is 0 Å². The predicted molar refractivity (Wildman–Crippen MR) is 85.8 cm³/mol. The van der Waals surface area contributed by atoms with Gasteiger partial charge in [-0.2, -0.15) is 5.10 Å². The van der Waals surface area contributed by atoms with Crippen molar-refractivity contribution in [3.63, 3.8) is 0 Å². The van der Waals surface area contributed by atoms with Crippen molar-refractivity contribution >= 4 is 17.2 Å². The monoisotopic (exact) mass is 337 g/mol. The number of aromatic nitrogens is 3. The quantitative estimate of drug-likeness (QED) is 0.865. The number of rotatable bonds is 6. The summed E-state index contributed by atoms with van der Waals surface area (Å²) in [4.78, 5) is 18.4. The smallest absolute Gasteiger partial charge is 0.241 e. The number of nitrogens with zero attached hydrogens (tertiary/aromatic N) is 4. The van der Waals surface area contributed by atoms with E-state index in [-0.39, 0.29) is 18.5 Å². The fraction of sp³-hybridized carbons (Fsp3) is 0.533. The molecule has 0 aromatic carbocycles. The van der Waals surface area contributed by atoms with Crippen LogP contribution in [0, 0.1) is 6.92 Å². The van der Waals surface area contributed by atoms with E-state index in [1.54, 1.807) is 34.5 Å². The van der Waals surface area contributed by atoms with Crippen molar-refractivity contribution in [2.45, 2.75) is 38.6 Å². The van der Waals surface area contributed by atoms with E-state index in [0.717, 1.165) is 10.7 Å². The van der Waals surface area contributed by atoms with Crippen molar-refractivity contribution in [2.75, 3.05) is 13.1 Å². The van der Waals surface area contributed by atoms with Gasteiger partial charge in [0.2, 0.25) is 5.91 Å². The number of alkyl halides is 1. The van der Waals surface area contributed by atoms with Gasteiger partial charge in [0.25, 0.3) is 0 Å². The molecule has 23 heavy (non-hydrogen) atoms. The van der Waals surface area contributed by atoms with E-state index in [1.807, 2.05) is 12.3 Å². The molecule has 2 aromatic heterocycles. The lowest BCUT2D eigenvalue weighted by Gasteiger charge is -2.23. The summed E-state index contributed by atoms with van der Waals surface area (Å²) in [7, 11) is 0. The molecule has 0 unspecified atom stereocenters. The van der Waals surface area contributed by atoms with E-state index >= 15 is 0 Å². The maximum Gasteiger partial charge on any atom is 0.241 e. The number of carbonyl (C=O) groups excluding carboxylic acids is 1. The summed E-state index contributed by atoms with van der Waals surface area (Å²) in [6, 6.07) is 1.78. The van der Waals surface area contributed by atoms with Crippen LogP contribution in [0.25, 0.3) is 0 Å². The van der Waals surface area contributed by atoms with E-state index in [4.69, 9.17) is 0 Å². The molecule has 0 bridgehead atoms. The molecule has 6 nitrogen and oxygen atoms in total. The zero-order valence-corrected chi connectivity index (χ0v) is 13.8. The van der Waals surface area contributed by atoms with Crippen molar-refractivity contribution < 1.29 is 9.18 Å². The van der Waals surface area contributed by atoms with Crippen LogP contribution in [0.1, 0.15) is 17.1 Å². The molecule has 1 amide bonds. The zero-order chi connectivity index (χ0) is 16.2. The van der Waals surface area contributed by atoms with E-state index in [1.165, 1.54) is 0 Å². The lowest BCUT2D eigenvalue weighted by molar-refractivity contribution is -0.122. The van der Waals surface area contributed by atoms with Crippen LogP contribution in [-0.4, -0.2) is 50.9 Å². The minimum Gasteiger partial charge on any atom is -0.353 e. The third kappa shape index (κ3) is 4.35. The molecular formula is C15H20FN5OS. The topological polar surface area (TPSA) is 63.1 Å². The van der Waals surface area contributed by atoms with Crippen LogP contribution in [0.2, 0.25) is 0 Å². The summed E-state index contributed by atoms with van der Waals surface area (Å²) in [5.74, 6) is -0.111. The number of aryl methyl sites for hydroxylation is 1. The molecule has 0 aliphatic carbocycles. The van der Waals surface area contributed by atoms with Crippen LogP contribution in [-0.2, 0) is 17.9 Å². The fourth-order valence-corrected chi connectivity index (χ4v) is 3.45. The van der Waals surface area contributed by atoms with E-state index in [9.17, 15) is 9.18 Å². The van der Waals surface area contributed by atoms with Crippen molar-refractivity contribution in [1.29, 1.82) is 0 Å². The first-order valence-electron chi connectivity index (χ1n) is 7.63. The highest BCUT2D eigenvalue weighted by Gasteiger charge is 2.32. The van der Waals surface area contributed by atoms with Crippen molar-refractivity contribution in [1.82, 2.24) is 25.0 Å². The number of halogens is 1. The Hall–Kier alpha value is -1.80. The highest BCUT2D eigenvalue weighted by atomic mass is 32.1. The Labute approximate surface area is 138 Å². The first-order valence-corrected chi connectivity index (χ1v) is 8.51. The molecule has 1 aliphatic heterocycles. The van der Waals surface area contributed by atoms with E-state index in [2.05, 4.69) is 20.3 Å². The summed E-state index contributed by atoms with van der Waals surface area (Å²) in [5.41, 5.74) is 0.967. The van der Waals surface area contributed by atoms with Crippen molar-refractivity contribution in [3.8, 4) is 0 Å². The fourth-order valence-electron chi connectivity index (χ4n) is 2.85. The van der Waals surface area contributed by atoms with Gasteiger partial charge in [-0.25, -0.2) is 9.37 Å². The van der Waals surface area contributed by atoms with Gasteiger partial charge in [-0.15, -0.1) is 11.3 Å². The molecule has 0 saturated carbocycles. The van der Waals surface area contributed by atoms with Gasteiger partial charge in [0.15, 0.2) is 0 Å². The molecule has 1 saturated heterocycles. The van der Waals surface area contributed by atoms with Crippen LogP contribution in [0.4, 0.5) is 4.39 Å². The first-order chi connectivity index (χ1) is 11.1. The number of hydrogen-bond donors (Lipinski definition) is 1. The second-order valence-corrected chi connectivity index (χ2v) is 6.84. The largest absolute Gasteiger partial charge is 0.353 e. The Balaban J connectivity index is 1.51. The number of amides is 1. The molecule has 3 heterocycles. The van der Waals surface area contributed by atoms with Gasteiger partial charge in [0.1, 0.15) is 12.7 Å². The Morgan fingerprint density at radius 3 is 3.13 bits per heavy atom. The molecule has 0 spiro atoms. The molecule has 1 aliphatic rings. The Morgan fingerprint density at radius 1 is 1.57 bits per heavy atom. The van der Waals surface area contributed by atoms with Crippen molar-refractivity contribution in [2.24, 2.45) is 0 Å². The zero-order valence-electron chi connectivity index (χ0n) is 13.0. The third-order valence-electron chi connectivity index (χ3n) is 3.91. The lowest BCUT2D eigenvalue weighted by Crippen LogP contribution is -2.40. The molecule has 2 atom stereocenters. The van der Waals surface area contributed by atoms with Gasteiger partial charge in [-0.3, -0.25) is 14.4 Å². The molecule has 1 fully saturated rings. The average Bonchev–Trinajstić information content (AvgIpc) is 3.21. The third-order valence-corrected chi connectivity index (χ3v) is 4.73. The maximum absolute atomic E-state index is 13.8. The van der Waals surface area contributed by atoms with Crippen LogP contribution in [0.15, 0.2) is 23.8 Å². The van der Waals surface area contributed by atoms with Gasteiger partial charge in [0.05, 0.1) is 10.7 Å². The van der Waals surface area contributed by atoms with Gasteiger partial charge in [-0.05, 0) is 19.4 Å². The number of thiazole rings is 1. The van der Waals surface area contributed by atoms with Crippen LogP contribution < -0.4 is 5.32 Å². The Morgan fingerprint density at radius 2 is 2.43 bits per heavy atom. The number of nitrogens with one attached hydrogen (secondary N) is 1. The van der Waals surface area contributed by atoms with Gasteiger partial charge < -0.3 is 5.32 Å². The van der Waals surface area contributed by atoms with Crippen LogP contribution in [0.3, 0.4) is 0 Å². The number of likely N-dealkylation sites (tertiary alicyclic amines) is 1. The van der Waals surface area contributed by atoms with E-state index < -0.39 is 6.17 Å². The molecule has 2 aromatic rings. The van der Waals surface area contributed by atoms with Crippen LogP contribution in [0.5, 0.6) is 0 Å². The molecule has 0 radical (unpaired) electrons. The van der Waals surface area contributed by atoms with Crippen LogP contribution >= 0.6 is 11.3 Å². The SMILES string of the molecule is Cc1nc(CN2C[C@@H](F)C[C@H]2CNC(=O)Cn2cccn2)cs1. The molecule has 3 rings (SSSR count). The summed E-state index contributed by atoms with van der Waals surface area (Å²) >= 11 is 1.60. The average molecular weight is 337 g/mol. The summed E-state index contributed by atoms with van der Waals surface area (Å²) < 4.78 is 15.3. The second-order valence-electron chi connectivity index (χ2n) is 5.78.